The van der Waals surface area contributed by atoms with Gasteiger partial charge >= 0.3 is 0 Å². The minimum Gasteiger partial charge on any atom is -0.369 e. The molecule has 1 aliphatic rings. The lowest BCUT2D eigenvalue weighted by Gasteiger charge is -2.36. The van der Waals surface area contributed by atoms with Gasteiger partial charge < -0.3 is 15.2 Å². The van der Waals surface area contributed by atoms with Crippen molar-refractivity contribution in [3.63, 3.8) is 0 Å². The number of nitrogens with two attached hydrogens (primary N) is 1. The Bertz CT molecular complexity index is 556. The number of carbonyl (C=O) groups excluding carboxylic acids is 2. The zero-order valence-electron chi connectivity index (χ0n) is 11.4. The number of rotatable bonds is 2. The third kappa shape index (κ3) is 2.65. The Kier molecular flexibility index (Phi) is 4.30. The van der Waals surface area contributed by atoms with Gasteiger partial charge in [0.1, 0.15) is 10.8 Å². The second-order valence-corrected chi connectivity index (χ2v) is 5.98. The third-order valence-corrected chi connectivity index (χ3v) is 4.72. The average molecular weight is 318 g/mol. The first kappa shape index (κ1) is 15.2. The van der Waals surface area contributed by atoms with Crippen molar-refractivity contribution in [3.05, 3.63) is 21.9 Å². The van der Waals surface area contributed by atoms with Gasteiger partial charge in [-0.05, 0) is 25.8 Å². The smallest absolute Gasteiger partial charge is 0.270 e. The summed E-state index contributed by atoms with van der Waals surface area (Å²) in [7, 11) is 1.68. The first-order valence-corrected chi connectivity index (χ1v) is 7.19. The van der Waals surface area contributed by atoms with Crippen molar-refractivity contribution in [1.82, 2.24) is 9.47 Å². The van der Waals surface area contributed by atoms with Crippen LogP contribution in [-0.4, -0.2) is 33.9 Å². The molecule has 5 nitrogen and oxygen atoms in total. The van der Waals surface area contributed by atoms with Crippen LogP contribution in [0.1, 0.15) is 30.3 Å². The Morgan fingerprint density at radius 2 is 2.00 bits per heavy atom. The minimum atomic E-state index is -0.363. The molecule has 0 radical (unpaired) electrons. The third-order valence-electron chi connectivity index (χ3n) is 3.88. The van der Waals surface area contributed by atoms with E-state index in [0.29, 0.717) is 22.4 Å². The Balaban J connectivity index is 2.26. The van der Waals surface area contributed by atoms with Crippen LogP contribution in [0.25, 0.3) is 0 Å². The van der Waals surface area contributed by atoms with Gasteiger partial charge in [-0.25, -0.2) is 0 Å². The summed E-state index contributed by atoms with van der Waals surface area (Å²) in [5, 5.41) is 0.666. The van der Waals surface area contributed by atoms with Crippen LogP contribution < -0.4 is 5.73 Å². The van der Waals surface area contributed by atoms with Crippen LogP contribution in [-0.2, 0) is 11.8 Å². The summed E-state index contributed by atoms with van der Waals surface area (Å²) >= 11 is 11.9. The number of hydrogen-bond acceptors (Lipinski definition) is 2. The molecule has 2 amide bonds. The van der Waals surface area contributed by atoms with E-state index in [-0.39, 0.29) is 23.8 Å². The second kappa shape index (κ2) is 5.66. The first-order chi connectivity index (χ1) is 9.32. The van der Waals surface area contributed by atoms with Crippen molar-refractivity contribution in [2.45, 2.75) is 25.8 Å². The van der Waals surface area contributed by atoms with Crippen LogP contribution in [0.3, 0.4) is 0 Å². The molecule has 2 atom stereocenters. The maximum absolute atomic E-state index is 12.6. The summed E-state index contributed by atoms with van der Waals surface area (Å²) < 4.78 is 1.55. The maximum Gasteiger partial charge on any atom is 0.270 e. The predicted molar refractivity (Wildman–Crippen MR) is 77.8 cm³/mol. The molecule has 110 valence electrons. The molecule has 2 N–H and O–H groups in total. The molecule has 1 fully saturated rings. The van der Waals surface area contributed by atoms with Crippen LogP contribution in [0.15, 0.2) is 6.07 Å². The van der Waals surface area contributed by atoms with Gasteiger partial charge in [-0.3, -0.25) is 9.59 Å². The van der Waals surface area contributed by atoms with Gasteiger partial charge in [0, 0.05) is 19.6 Å². The van der Waals surface area contributed by atoms with E-state index in [2.05, 4.69) is 0 Å². The highest BCUT2D eigenvalue weighted by molar-refractivity contribution is 6.41. The number of carbonyl (C=O) groups is 2. The van der Waals surface area contributed by atoms with Crippen molar-refractivity contribution in [1.29, 1.82) is 0 Å². The number of likely N-dealkylation sites (tertiary alicyclic amines) is 1. The summed E-state index contributed by atoms with van der Waals surface area (Å²) in [6.45, 7) is 2.30. The van der Waals surface area contributed by atoms with Gasteiger partial charge in [0.25, 0.3) is 5.91 Å². The maximum atomic E-state index is 12.6. The number of primary amides is 1. The highest BCUT2D eigenvalue weighted by Gasteiger charge is 2.33. The van der Waals surface area contributed by atoms with E-state index in [0.717, 1.165) is 12.8 Å². The fourth-order valence-corrected chi connectivity index (χ4v) is 2.89. The molecular formula is C13H17Cl2N3O2. The van der Waals surface area contributed by atoms with Gasteiger partial charge in [0.2, 0.25) is 5.91 Å². The summed E-state index contributed by atoms with van der Waals surface area (Å²) in [4.78, 5) is 25.6. The monoisotopic (exact) mass is 317 g/mol. The molecule has 0 aliphatic carbocycles. The highest BCUT2D eigenvalue weighted by atomic mass is 35.5. The lowest BCUT2D eigenvalue weighted by atomic mass is 9.92. The summed E-state index contributed by atoms with van der Waals surface area (Å²) in [6.07, 6.45) is 1.47. The Morgan fingerprint density at radius 1 is 1.35 bits per heavy atom. The van der Waals surface area contributed by atoms with Crippen molar-refractivity contribution in [3.8, 4) is 0 Å². The normalized spacial score (nSPS) is 22.9. The summed E-state index contributed by atoms with van der Waals surface area (Å²) in [6, 6.07) is 1.61. The first-order valence-electron chi connectivity index (χ1n) is 6.44. The molecule has 1 saturated heterocycles. The van der Waals surface area contributed by atoms with E-state index in [9.17, 15) is 9.59 Å². The van der Waals surface area contributed by atoms with E-state index in [1.165, 1.54) is 0 Å². The van der Waals surface area contributed by atoms with Crippen LogP contribution in [0.2, 0.25) is 10.2 Å². The van der Waals surface area contributed by atoms with E-state index in [4.69, 9.17) is 28.9 Å². The minimum absolute atomic E-state index is 0.0607. The molecule has 0 bridgehead atoms. The molecule has 0 saturated carbocycles. The molecule has 2 heterocycles. The Hall–Kier alpha value is -1.20. The SMILES string of the molecule is C[C@H]1CC[C@@H](C(N)=O)CN1C(=O)c1cc(Cl)c(Cl)n1C. The van der Waals surface area contributed by atoms with Crippen molar-refractivity contribution in [2.75, 3.05) is 6.54 Å². The van der Waals surface area contributed by atoms with Gasteiger partial charge in [-0.15, -0.1) is 0 Å². The van der Waals surface area contributed by atoms with E-state index in [1.54, 1.807) is 22.6 Å². The molecule has 1 aromatic heterocycles. The molecule has 0 spiro atoms. The van der Waals surface area contributed by atoms with Gasteiger partial charge in [0.05, 0.1) is 10.9 Å². The molecule has 1 aliphatic heterocycles. The molecule has 7 heteroatoms. The largest absolute Gasteiger partial charge is 0.369 e. The summed E-state index contributed by atoms with van der Waals surface area (Å²) in [5.41, 5.74) is 5.76. The molecule has 0 aromatic carbocycles. The standard InChI is InChI=1S/C13H17Cl2N3O2/c1-7-3-4-8(12(16)19)6-18(7)13(20)10-5-9(14)11(15)17(10)2/h5,7-8H,3-4,6H2,1-2H3,(H2,16,19)/t7-,8+/m0/s1. The number of aromatic nitrogens is 1. The van der Waals surface area contributed by atoms with E-state index < -0.39 is 0 Å². The molecular weight excluding hydrogens is 301 g/mol. The molecule has 2 rings (SSSR count). The Labute approximate surface area is 127 Å². The van der Waals surface area contributed by atoms with Crippen LogP contribution in [0.4, 0.5) is 0 Å². The fraction of sp³-hybridized carbons (Fsp3) is 0.538. The van der Waals surface area contributed by atoms with E-state index >= 15 is 0 Å². The lowest BCUT2D eigenvalue weighted by molar-refractivity contribution is -0.123. The van der Waals surface area contributed by atoms with Crippen LogP contribution >= 0.6 is 23.2 Å². The van der Waals surface area contributed by atoms with Crippen molar-refractivity contribution in [2.24, 2.45) is 18.7 Å². The predicted octanol–water partition coefficient (Wildman–Crippen LogP) is 2.06. The van der Waals surface area contributed by atoms with Crippen LogP contribution in [0.5, 0.6) is 0 Å². The second-order valence-electron chi connectivity index (χ2n) is 5.21. The van der Waals surface area contributed by atoms with Gasteiger partial charge in [-0.1, -0.05) is 23.2 Å². The average Bonchev–Trinajstić information content (AvgIpc) is 2.66. The van der Waals surface area contributed by atoms with E-state index in [1.807, 2.05) is 6.92 Å². The van der Waals surface area contributed by atoms with Gasteiger partial charge in [0.15, 0.2) is 0 Å². The van der Waals surface area contributed by atoms with Crippen LogP contribution in [0, 0.1) is 5.92 Å². The molecule has 1 aromatic rings. The Morgan fingerprint density at radius 3 is 2.50 bits per heavy atom. The zero-order chi connectivity index (χ0) is 15.0. The van der Waals surface area contributed by atoms with Crippen molar-refractivity contribution >= 4 is 35.0 Å². The zero-order valence-corrected chi connectivity index (χ0v) is 12.9. The topological polar surface area (TPSA) is 68.3 Å². The van der Waals surface area contributed by atoms with Crippen molar-refractivity contribution < 1.29 is 9.59 Å². The fourth-order valence-electron chi connectivity index (χ4n) is 2.52. The summed E-state index contributed by atoms with van der Waals surface area (Å²) in [5.74, 6) is -0.834. The lowest BCUT2D eigenvalue weighted by Crippen LogP contribution is -2.49. The number of piperidine rings is 1. The number of halogens is 2. The number of amides is 2. The molecule has 20 heavy (non-hydrogen) atoms. The van der Waals surface area contributed by atoms with Gasteiger partial charge in [-0.2, -0.15) is 0 Å². The quantitative estimate of drug-likeness (QED) is 0.907. The highest BCUT2D eigenvalue weighted by Crippen LogP contribution is 2.28. The number of nitrogens with zero attached hydrogens (tertiary/aromatic N) is 2. The molecule has 0 unspecified atom stereocenters. The number of hydrogen-bond donors (Lipinski definition) is 1.